The van der Waals surface area contributed by atoms with Gasteiger partial charge in [-0.2, -0.15) is 4.31 Å². The fraction of sp³-hybridized carbons (Fsp3) is 0.667. The summed E-state index contributed by atoms with van der Waals surface area (Å²) < 4.78 is 33.2. The molecule has 0 radical (unpaired) electrons. The normalized spacial score (nSPS) is 12.3. The number of rotatable bonds is 8. The van der Waals surface area contributed by atoms with Crippen molar-refractivity contribution in [2.75, 3.05) is 26.8 Å². The van der Waals surface area contributed by atoms with Crippen LogP contribution in [0.4, 0.5) is 0 Å². The zero-order chi connectivity index (χ0) is 14.5. The number of likely N-dealkylation sites (N-methyl/N-ethyl adjacent to an activating group) is 1. The molecule has 0 saturated carbocycles. The van der Waals surface area contributed by atoms with Crippen LogP contribution in [0.5, 0.6) is 0 Å². The van der Waals surface area contributed by atoms with E-state index in [0.717, 1.165) is 5.69 Å². The third-order valence-electron chi connectivity index (χ3n) is 3.05. The van der Waals surface area contributed by atoms with Crippen molar-refractivity contribution in [2.24, 2.45) is 5.73 Å². The van der Waals surface area contributed by atoms with Crippen LogP contribution in [0.1, 0.15) is 19.5 Å². The van der Waals surface area contributed by atoms with Crippen molar-refractivity contribution in [3.63, 3.8) is 0 Å². The first-order valence-corrected chi connectivity index (χ1v) is 7.83. The Bertz CT molecular complexity index is 475. The Kier molecular flexibility index (Phi) is 5.99. The predicted octanol–water partition coefficient (Wildman–Crippen LogP) is 0.624. The Morgan fingerprint density at radius 1 is 1.42 bits per heavy atom. The summed E-state index contributed by atoms with van der Waals surface area (Å²) in [7, 11) is -1.91. The standard InChI is InChI=1S/C12H23N3O3S/c1-4-14-10-12(8-11(14)9-13)19(16,17)15(5-2)6-7-18-3/h8,10H,4-7,9,13H2,1-3H3. The van der Waals surface area contributed by atoms with Gasteiger partial charge in [0.15, 0.2) is 0 Å². The Hall–Kier alpha value is -0.890. The second kappa shape index (κ2) is 7.04. The third kappa shape index (κ3) is 3.56. The zero-order valence-electron chi connectivity index (χ0n) is 11.8. The van der Waals surface area contributed by atoms with Gasteiger partial charge >= 0.3 is 0 Å². The molecule has 0 aromatic carbocycles. The minimum Gasteiger partial charge on any atom is -0.383 e. The molecule has 0 atom stereocenters. The molecule has 0 amide bonds. The number of aromatic nitrogens is 1. The number of hydrogen-bond acceptors (Lipinski definition) is 4. The van der Waals surface area contributed by atoms with Crippen molar-refractivity contribution >= 4 is 10.0 Å². The summed E-state index contributed by atoms with van der Waals surface area (Å²) in [5.41, 5.74) is 6.45. The van der Waals surface area contributed by atoms with Crippen molar-refractivity contribution in [1.29, 1.82) is 0 Å². The molecule has 110 valence electrons. The average molecular weight is 289 g/mol. The van der Waals surface area contributed by atoms with E-state index in [1.165, 1.54) is 4.31 Å². The number of ether oxygens (including phenoxy) is 1. The van der Waals surface area contributed by atoms with E-state index in [1.807, 2.05) is 18.4 Å². The number of methoxy groups -OCH3 is 1. The van der Waals surface area contributed by atoms with Gasteiger partial charge in [0.1, 0.15) is 4.90 Å². The van der Waals surface area contributed by atoms with Crippen molar-refractivity contribution in [2.45, 2.75) is 31.8 Å². The highest BCUT2D eigenvalue weighted by Crippen LogP contribution is 2.19. The van der Waals surface area contributed by atoms with Crippen molar-refractivity contribution in [1.82, 2.24) is 8.87 Å². The van der Waals surface area contributed by atoms with Crippen LogP contribution in [0, 0.1) is 0 Å². The number of nitrogens with two attached hydrogens (primary N) is 1. The van der Waals surface area contributed by atoms with Gasteiger partial charge < -0.3 is 15.0 Å². The molecule has 7 heteroatoms. The summed E-state index contributed by atoms with van der Waals surface area (Å²) in [5.74, 6) is 0. The van der Waals surface area contributed by atoms with Gasteiger partial charge in [0.2, 0.25) is 10.0 Å². The first kappa shape index (κ1) is 16.2. The maximum atomic E-state index is 12.5. The highest BCUT2D eigenvalue weighted by Gasteiger charge is 2.24. The minimum atomic E-state index is -3.47. The van der Waals surface area contributed by atoms with Gasteiger partial charge in [-0.15, -0.1) is 0 Å². The Balaban J connectivity index is 3.07. The van der Waals surface area contributed by atoms with E-state index in [9.17, 15) is 8.42 Å². The molecule has 0 aliphatic heterocycles. The molecule has 0 saturated heterocycles. The highest BCUT2D eigenvalue weighted by molar-refractivity contribution is 7.89. The van der Waals surface area contributed by atoms with E-state index in [2.05, 4.69) is 0 Å². The Morgan fingerprint density at radius 3 is 2.53 bits per heavy atom. The highest BCUT2D eigenvalue weighted by atomic mass is 32.2. The Labute approximate surface area is 115 Å². The Morgan fingerprint density at radius 2 is 2.11 bits per heavy atom. The fourth-order valence-electron chi connectivity index (χ4n) is 1.92. The van der Waals surface area contributed by atoms with E-state index in [0.29, 0.717) is 37.7 Å². The van der Waals surface area contributed by atoms with E-state index in [1.54, 1.807) is 19.4 Å². The van der Waals surface area contributed by atoms with Gasteiger partial charge in [0.25, 0.3) is 0 Å². The van der Waals surface area contributed by atoms with Crippen LogP contribution in [0.3, 0.4) is 0 Å². The number of sulfonamides is 1. The van der Waals surface area contributed by atoms with E-state index >= 15 is 0 Å². The van der Waals surface area contributed by atoms with Crippen LogP contribution >= 0.6 is 0 Å². The molecule has 1 rings (SSSR count). The smallest absolute Gasteiger partial charge is 0.244 e. The van der Waals surface area contributed by atoms with Crippen LogP contribution in [0.25, 0.3) is 0 Å². The molecule has 6 nitrogen and oxygen atoms in total. The maximum absolute atomic E-state index is 12.5. The topological polar surface area (TPSA) is 77.6 Å². The number of nitrogens with zero attached hydrogens (tertiary/aromatic N) is 2. The van der Waals surface area contributed by atoms with Crippen LogP contribution in [0.15, 0.2) is 17.2 Å². The van der Waals surface area contributed by atoms with Crippen LogP contribution < -0.4 is 5.73 Å². The summed E-state index contributed by atoms with van der Waals surface area (Å²) in [6.45, 7) is 5.95. The van der Waals surface area contributed by atoms with Gasteiger partial charge in [-0.1, -0.05) is 6.92 Å². The molecule has 0 bridgehead atoms. The van der Waals surface area contributed by atoms with Crippen LogP contribution in [-0.2, 0) is 27.8 Å². The summed E-state index contributed by atoms with van der Waals surface area (Å²) in [6, 6.07) is 1.65. The lowest BCUT2D eigenvalue weighted by molar-refractivity contribution is 0.180. The van der Waals surface area contributed by atoms with Gasteiger partial charge in [-0.25, -0.2) is 8.42 Å². The molecule has 1 aromatic rings. The summed E-state index contributed by atoms with van der Waals surface area (Å²) in [6.07, 6.45) is 1.65. The predicted molar refractivity (Wildman–Crippen MR) is 74.3 cm³/mol. The number of hydrogen-bond donors (Lipinski definition) is 1. The lowest BCUT2D eigenvalue weighted by atomic mass is 10.4. The lowest BCUT2D eigenvalue weighted by Gasteiger charge is -2.19. The fourth-order valence-corrected chi connectivity index (χ4v) is 3.42. The second-order valence-corrected chi connectivity index (χ2v) is 6.08. The molecule has 0 unspecified atom stereocenters. The molecular formula is C12H23N3O3S. The molecule has 0 aliphatic carbocycles. The molecule has 1 aromatic heterocycles. The summed E-state index contributed by atoms with van der Waals surface area (Å²) in [4.78, 5) is 0.299. The average Bonchev–Trinajstić information content (AvgIpc) is 2.83. The van der Waals surface area contributed by atoms with E-state index in [-0.39, 0.29) is 0 Å². The van der Waals surface area contributed by atoms with E-state index < -0.39 is 10.0 Å². The second-order valence-electron chi connectivity index (χ2n) is 4.15. The SMILES string of the molecule is CCN(CCOC)S(=O)(=O)c1cc(CN)n(CC)c1. The van der Waals surface area contributed by atoms with Crippen molar-refractivity contribution in [3.8, 4) is 0 Å². The molecule has 0 aliphatic rings. The summed E-state index contributed by atoms with van der Waals surface area (Å²) in [5, 5.41) is 0. The van der Waals surface area contributed by atoms with Gasteiger partial charge in [0, 0.05) is 45.2 Å². The van der Waals surface area contributed by atoms with Gasteiger partial charge in [0.05, 0.1) is 6.61 Å². The number of aryl methyl sites for hydroxylation is 1. The van der Waals surface area contributed by atoms with Crippen molar-refractivity contribution < 1.29 is 13.2 Å². The monoisotopic (exact) mass is 289 g/mol. The molecular weight excluding hydrogens is 266 g/mol. The minimum absolute atomic E-state index is 0.299. The molecule has 0 fully saturated rings. The summed E-state index contributed by atoms with van der Waals surface area (Å²) >= 11 is 0. The lowest BCUT2D eigenvalue weighted by Crippen LogP contribution is -2.33. The maximum Gasteiger partial charge on any atom is 0.244 e. The van der Waals surface area contributed by atoms with Crippen LogP contribution in [0.2, 0.25) is 0 Å². The van der Waals surface area contributed by atoms with E-state index in [4.69, 9.17) is 10.5 Å². The zero-order valence-corrected chi connectivity index (χ0v) is 12.6. The van der Waals surface area contributed by atoms with Crippen LogP contribution in [-0.4, -0.2) is 44.1 Å². The van der Waals surface area contributed by atoms with Gasteiger partial charge in [-0.05, 0) is 13.0 Å². The molecule has 2 N–H and O–H groups in total. The molecule has 0 spiro atoms. The molecule has 19 heavy (non-hydrogen) atoms. The first-order chi connectivity index (χ1) is 9.01. The third-order valence-corrected chi connectivity index (χ3v) is 4.99. The molecule has 1 heterocycles. The first-order valence-electron chi connectivity index (χ1n) is 6.39. The van der Waals surface area contributed by atoms with Gasteiger partial charge in [-0.3, -0.25) is 0 Å². The largest absolute Gasteiger partial charge is 0.383 e. The quantitative estimate of drug-likeness (QED) is 0.761. The van der Waals surface area contributed by atoms with Crippen molar-refractivity contribution in [3.05, 3.63) is 18.0 Å².